The van der Waals surface area contributed by atoms with Crippen LogP contribution in [-0.4, -0.2) is 24.5 Å². The van der Waals surface area contributed by atoms with Crippen molar-refractivity contribution in [3.63, 3.8) is 0 Å². The molecule has 0 saturated heterocycles. The van der Waals surface area contributed by atoms with Gasteiger partial charge in [-0.15, -0.1) is 0 Å². The normalized spacial score (nSPS) is 13.4. The molecule has 0 aliphatic rings. The standard InChI is InChI=1S/C24H22ClF3O4/c1-2-31-20-10-6-18(7-11-20)23(29,24(26,27)28)16-30-15-17-4-3-5-22(14-17)32-21-12-8-19(25)9-13-21/h3-14,29H,2,15-16H2,1H3. The predicted molar refractivity (Wildman–Crippen MR) is 115 cm³/mol. The summed E-state index contributed by atoms with van der Waals surface area (Å²) in [6.45, 7) is 1.04. The Kier molecular flexibility index (Phi) is 7.66. The summed E-state index contributed by atoms with van der Waals surface area (Å²) in [5, 5.41) is 11.0. The zero-order valence-electron chi connectivity index (χ0n) is 17.2. The van der Waals surface area contributed by atoms with E-state index in [0.29, 0.717) is 34.4 Å². The first kappa shape index (κ1) is 23.9. The fourth-order valence-electron chi connectivity index (χ4n) is 2.98. The average Bonchev–Trinajstić information content (AvgIpc) is 2.75. The first-order valence-corrected chi connectivity index (χ1v) is 10.2. The Bertz CT molecular complexity index is 1010. The minimum absolute atomic E-state index is 0.146. The quantitative estimate of drug-likeness (QED) is 0.391. The van der Waals surface area contributed by atoms with E-state index >= 15 is 0 Å². The Morgan fingerprint density at radius 3 is 2.16 bits per heavy atom. The molecule has 0 aliphatic carbocycles. The Morgan fingerprint density at radius 2 is 1.53 bits per heavy atom. The molecule has 0 aromatic heterocycles. The molecule has 0 spiro atoms. The molecule has 0 fully saturated rings. The van der Waals surface area contributed by atoms with Gasteiger partial charge < -0.3 is 19.3 Å². The van der Waals surface area contributed by atoms with E-state index in [9.17, 15) is 18.3 Å². The molecule has 1 unspecified atom stereocenters. The zero-order valence-corrected chi connectivity index (χ0v) is 18.0. The third-order valence-electron chi connectivity index (χ3n) is 4.64. The van der Waals surface area contributed by atoms with Crippen LogP contribution in [0.15, 0.2) is 72.8 Å². The number of aliphatic hydroxyl groups is 1. The maximum Gasteiger partial charge on any atom is 0.423 e. The number of benzene rings is 3. The predicted octanol–water partition coefficient (Wildman–Crippen LogP) is 6.50. The van der Waals surface area contributed by atoms with Crippen LogP contribution in [0.4, 0.5) is 13.2 Å². The molecule has 3 rings (SSSR count). The second-order valence-electron chi connectivity index (χ2n) is 7.01. The van der Waals surface area contributed by atoms with E-state index in [2.05, 4.69) is 0 Å². The molecule has 1 atom stereocenters. The second kappa shape index (κ2) is 10.3. The van der Waals surface area contributed by atoms with Crippen LogP contribution >= 0.6 is 11.6 Å². The third-order valence-corrected chi connectivity index (χ3v) is 4.89. The lowest BCUT2D eigenvalue weighted by molar-refractivity contribution is -0.283. The van der Waals surface area contributed by atoms with E-state index < -0.39 is 18.4 Å². The maximum atomic E-state index is 13.7. The molecular weight excluding hydrogens is 445 g/mol. The minimum atomic E-state index is -4.93. The van der Waals surface area contributed by atoms with Gasteiger partial charge in [-0.3, -0.25) is 0 Å². The van der Waals surface area contributed by atoms with Crippen molar-refractivity contribution in [1.82, 2.24) is 0 Å². The van der Waals surface area contributed by atoms with Crippen LogP contribution in [0.25, 0.3) is 0 Å². The smallest absolute Gasteiger partial charge is 0.423 e. The van der Waals surface area contributed by atoms with Crippen molar-refractivity contribution >= 4 is 11.6 Å². The van der Waals surface area contributed by atoms with Crippen molar-refractivity contribution in [1.29, 1.82) is 0 Å². The number of hydrogen-bond acceptors (Lipinski definition) is 4. The van der Waals surface area contributed by atoms with Gasteiger partial charge in [0.15, 0.2) is 0 Å². The first-order valence-electron chi connectivity index (χ1n) is 9.84. The van der Waals surface area contributed by atoms with Gasteiger partial charge in [0, 0.05) is 5.02 Å². The summed E-state index contributed by atoms with van der Waals surface area (Å²) in [4.78, 5) is 0. The molecule has 0 aliphatic heterocycles. The van der Waals surface area contributed by atoms with Crippen molar-refractivity contribution in [3.05, 3.63) is 88.9 Å². The topological polar surface area (TPSA) is 47.9 Å². The van der Waals surface area contributed by atoms with Gasteiger partial charge in [-0.2, -0.15) is 13.2 Å². The van der Waals surface area contributed by atoms with E-state index in [1.54, 1.807) is 55.5 Å². The molecule has 1 N–H and O–H groups in total. The molecule has 0 bridgehead atoms. The highest BCUT2D eigenvalue weighted by Gasteiger charge is 2.55. The van der Waals surface area contributed by atoms with Crippen LogP contribution in [0, 0.1) is 0 Å². The Morgan fingerprint density at radius 1 is 0.875 bits per heavy atom. The van der Waals surface area contributed by atoms with Crippen LogP contribution in [-0.2, 0) is 16.9 Å². The number of rotatable bonds is 9. The van der Waals surface area contributed by atoms with E-state index in [1.165, 1.54) is 24.3 Å². The summed E-state index contributed by atoms with van der Waals surface area (Å²) in [5.74, 6) is 1.47. The lowest BCUT2D eigenvalue weighted by atomic mass is 9.94. The largest absolute Gasteiger partial charge is 0.494 e. The molecule has 3 aromatic rings. The molecular formula is C24H22ClF3O4. The molecule has 0 heterocycles. The van der Waals surface area contributed by atoms with Gasteiger partial charge in [-0.25, -0.2) is 0 Å². The van der Waals surface area contributed by atoms with E-state index in [4.69, 9.17) is 25.8 Å². The third kappa shape index (κ3) is 5.94. The van der Waals surface area contributed by atoms with Gasteiger partial charge in [0.1, 0.15) is 17.2 Å². The first-order chi connectivity index (χ1) is 15.2. The van der Waals surface area contributed by atoms with E-state index in [0.717, 1.165) is 0 Å². The Balaban J connectivity index is 1.67. The highest BCUT2D eigenvalue weighted by Crippen LogP contribution is 2.40. The summed E-state index contributed by atoms with van der Waals surface area (Å²) in [6, 6.07) is 18.7. The van der Waals surface area contributed by atoms with Crippen molar-refractivity contribution < 1.29 is 32.5 Å². The van der Waals surface area contributed by atoms with Gasteiger partial charge in [-0.05, 0) is 66.6 Å². The van der Waals surface area contributed by atoms with E-state index in [1.807, 2.05) is 0 Å². The number of halogens is 4. The van der Waals surface area contributed by atoms with Gasteiger partial charge in [0.2, 0.25) is 5.60 Å². The number of hydrogen-bond donors (Lipinski definition) is 1. The lowest BCUT2D eigenvalue weighted by Crippen LogP contribution is -2.46. The highest BCUT2D eigenvalue weighted by molar-refractivity contribution is 6.30. The van der Waals surface area contributed by atoms with Gasteiger partial charge in [0.05, 0.1) is 19.8 Å². The van der Waals surface area contributed by atoms with Crippen LogP contribution in [0.3, 0.4) is 0 Å². The van der Waals surface area contributed by atoms with Gasteiger partial charge >= 0.3 is 6.18 Å². The SMILES string of the molecule is CCOc1ccc(C(O)(COCc2cccc(Oc3ccc(Cl)cc3)c2)C(F)(F)F)cc1. The molecule has 32 heavy (non-hydrogen) atoms. The molecule has 0 saturated carbocycles. The summed E-state index contributed by atoms with van der Waals surface area (Å²) in [5.41, 5.74) is -2.89. The average molecular weight is 467 g/mol. The Labute approximate surface area is 189 Å². The fraction of sp³-hybridized carbons (Fsp3) is 0.250. The lowest BCUT2D eigenvalue weighted by Gasteiger charge is -2.30. The van der Waals surface area contributed by atoms with Crippen LogP contribution < -0.4 is 9.47 Å². The minimum Gasteiger partial charge on any atom is -0.494 e. The second-order valence-corrected chi connectivity index (χ2v) is 7.45. The fourth-order valence-corrected chi connectivity index (χ4v) is 3.10. The molecule has 8 heteroatoms. The van der Waals surface area contributed by atoms with Crippen molar-refractivity contribution in [2.24, 2.45) is 0 Å². The molecule has 3 aromatic carbocycles. The Hall–Kier alpha value is -2.74. The van der Waals surface area contributed by atoms with Crippen molar-refractivity contribution in [2.75, 3.05) is 13.2 Å². The van der Waals surface area contributed by atoms with Crippen LogP contribution in [0.5, 0.6) is 17.2 Å². The molecule has 4 nitrogen and oxygen atoms in total. The van der Waals surface area contributed by atoms with Crippen LogP contribution in [0.1, 0.15) is 18.1 Å². The zero-order chi connectivity index (χ0) is 23.2. The number of ether oxygens (including phenoxy) is 3. The monoisotopic (exact) mass is 466 g/mol. The highest BCUT2D eigenvalue weighted by atomic mass is 35.5. The summed E-state index contributed by atoms with van der Waals surface area (Å²) >= 11 is 5.85. The molecule has 0 amide bonds. The summed E-state index contributed by atoms with van der Waals surface area (Å²) < 4.78 is 57.4. The number of alkyl halides is 3. The molecule has 0 radical (unpaired) electrons. The van der Waals surface area contributed by atoms with Crippen molar-refractivity contribution in [2.45, 2.75) is 25.3 Å². The van der Waals surface area contributed by atoms with Crippen LogP contribution in [0.2, 0.25) is 5.02 Å². The molecule has 170 valence electrons. The van der Waals surface area contributed by atoms with E-state index in [-0.39, 0.29) is 12.2 Å². The van der Waals surface area contributed by atoms with Gasteiger partial charge in [-0.1, -0.05) is 35.9 Å². The summed E-state index contributed by atoms with van der Waals surface area (Å²) in [7, 11) is 0. The summed E-state index contributed by atoms with van der Waals surface area (Å²) in [6.07, 6.45) is -4.93. The van der Waals surface area contributed by atoms with Crippen molar-refractivity contribution in [3.8, 4) is 17.2 Å². The maximum absolute atomic E-state index is 13.7. The van der Waals surface area contributed by atoms with Gasteiger partial charge in [0.25, 0.3) is 0 Å².